The van der Waals surface area contributed by atoms with E-state index in [4.69, 9.17) is 0 Å². The minimum absolute atomic E-state index is 0.0636. The van der Waals surface area contributed by atoms with Crippen LogP contribution in [0, 0.1) is 11.3 Å². The van der Waals surface area contributed by atoms with Gasteiger partial charge in [0.2, 0.25) is 0 Å². The average Bonchev–Trinajstić information content (AvgIpc) is 3.03. The maximum absolute atomic E-state index is 9.26. The van der Waals surface area contributed by atoms with Gasteiger partial charge >= 0.3 is 0 Å². The summed E-state index contributed by atoms with van der Waals surface area (Å²) in [6.07, 6.45) is 10.6. The summed E-state index contributed by atoms with van der Waals surface area (Å²) in [5, 5.41) is 10.1. The normalized spacial score (nSPS) is 22.1. The number of anilines is 1. The Morgan fingerprint density at radius 3 is 2.69 bits per heavy atom. The number of hydrogen-bond donors (Lipinski definition) is 1. The van der Waals surface area contributed by atoms with Crippen LogP contribution in [0.15, 0.2) is 46.6 Å². The van der Waals surface area contributed by atoms with Crippen molar-refractivity contribution >= 4 is 17.6 Å². The van der Waals surface area contributed by atoms with Gasteiger partial charge in [0.25, 0.3) is 0 Å². The zero-order valence-electron chi connectivity index (χ0n) is 15.4. The number of piperidine rings is 1. The molecule has 0 bridgehead atoms. The lowest BCUT2D eigenvalue weighted by Crippen LogP contribution is -2.41. The molecule has 1 aromatic carbocycles. The van der Waals surface area contributed by atoms with Crippen LogP contribution in [0.1, 0.15) is 44.6 Å². The van der Waals surface area contributed by atoms with E-state index in [1.165, 1.54) is 32.1 Å². The molecule has 1 spiro atoms. The standard InChI is InChI=1S/C21H27N3OS/c1-16-4-3-7-21(16)8-10-24(11-9-21)19-13-23-20(14-22-19)26-18-6-2-5-17(12-18)15-25/h2,5-6,12-14,16,25H,3-4,7-11,15H2,1H3/t16-/m1/s1. The van der Waals surface area contributed by atoms with Crippen molar-refractivity contribution in [2.75, 3.05) is 18.0 Å². The topological polar surface area (TPSA) is 49.2 Å². The van der Waals surface area contributed by atoms with Crippen molar-refractivity contribution in [2.45, 2.75) is 55.6 Å². The predicted molar refractivity (Wildman–Crippen MR) is 105 cm³/mol. The van der Waals surface area contributed by atoms with Crippen LogP contribution in [0.3, 0.4) is 0 Å². The van der Waals surface area contributed by atoms with Gasteiger partial charge < -0.3 is 10.0 Å². The van der Waals surface area contributed by atoms with Crippen molar-refractivity contribution in [1.82, 2.24) is 9.97 Å². The summed E-state index contributed by atoms with van der Waals surface area (Å²) >= 11 is 1.58. The molecule has 1 aliphatic heterocycles. The quantitative estimate of drug-likeness (QED) is 0.858. The molecule has 4 rings (SSSR count). The summed E-state index contributed by atoms with van der Waals surface area (Å²) in [6, 6.07) is 7.91. The van der Waals surface area contributed by atoms with Crippen LogP contribution in [-0.4, -0.2) is 28.2 Å². The molecule has 4 nitrogen and oxygen atoms in total. The number of benzene rings is 1. The van der Waals surface area contributed by atoms with Crippen LogP contribution in [0.25, 0.3) is 0 Å². The third-order valence-electron chi connectivity index (χ3n) is 6.36. The summed E-state index contributed by atoms with van der Waals surface area (Å²) in [7, 11) is 0. The minimum Gasteiger partial charge on any atom is -0.392 e. The van der Waals surface area contributed by atoms with Gasteiger partial charge in [-0.25, -0.2) is 9.97 Å². The first-order valence-corrected chi connectivity index (χ1v) is 10.4. The van der Waals surface area contributed by atoms with Gasteiger partial charge in [-0.05, 0) is 48.3 Å². The van der Waals surface area contributed by atoms with Crippen molar-refractivity contribution < 1.29 is 5.11 Å². The molecule has 0 amide bonds. The van der Waals surface area contributed by atoms with Crippen LogP contribution in [-0.2, 0) is 6.61 Å². The van der Waals surface area contributed by atoms with E-state index in [0.717, 1.165) is 40.3 Å². The average molecular weight is 370 g/mol. The highest BCUT2D eigenvalue weighted by atomic mass is 32.2. The number of hydrogen-bond acceptors (Lipinski definition) is 5. The molecule has 2 aliphatic rings. The Kier molecular flexibility index (Phi) is 5.18. The van der Waals surface area contributed by atoms with E-state index in [-0.39, 0.29) is 6.61 Å². The van der Waals surface area contributed by atoms with Crippen molar-refractivity contribution in [1.29, 1.82) is 0 Å². The summed E-state index contributed by atoms with van der Waals surface area (Å²) in [4.78, 5) is 12.7. The number of aromatic nitrogens is 2. The van der Waals surface area contributed by atoms with Gasteiger partial charge in [0, 0.05) is 18.0 Å². The Morgan fingerprint density at radius 1 is 1.19 bits per heavy atom. The highest BCUT2D eigenvalue weighted by Crippen LogP contribution is 2.50. The Labute approximate surface area is 160 Å². The third-order valence-corrected chi connectivity index (χ3v) is 7.27. The lowest BCUT2D eigenvalue weighted by molar-refractivity contribution is 0.161. The van der Waals surface area contributed by atoms with Crippen LogP contribution in [0.2, 0.25) is 0 Å². The second kappa shape index (κ2) is 7.57. The zero-order chi connectivity index (χ0) is 18.0. The molecule has 1 atom stereocenters. The lowest BCUT2D eigenvalue weighted by Gasteiger charge is -2.42. The number of rotatable bonds is 4. The molecular formula is C21H27N3OS. The first-order chi connectivity index (χ1) is 12.7. The molecule has 138 valence electrons. The molecule has 26 heavy (non-hydrogen) atoms. The van der Waals surface area contributed by atoms with E-state index >= 15 is 0 Å². The molecule has 0 radical (unpaired) electrons. The molecule has 1 aliphatic carbocycles. The van der Waals surface area contributed by atoms with Crippen LogP contribution >= 0.6 is 11.8 Å². The lowest BCUT2D eigenvalue weighted by atomic mass is 9.71. The second-order valence-electron chi connectivity index (χ2n) is 7.76. The first kappa shape index (κ1) is 17.8. The largest absolute Gasteiger partial charge is 0.392 e. The summed E-state index contributed by atoms with van der Waals surface area (Å²) in [5.41, 5.74) is 1.51. The van der Waals surface area contributed by atoms with Crippen molar-refractivity contribution in [3.63, 3.8) is 0 Å². The monoisotopic (exact) mass is 369 g/mol. The van der Waals surface area contributed by atoms with E-state index in [2.05, 4.69) is 21.8 Å². The van der Waals surface area contributed by atoms with Crippen LogP contribution in [0.5, 0.6) is 0 Å². The van der Waals surface area contributed by atoms with Crippen molar-refractivity contribution in [3.8, 4) is 0 Å². The minimum atomic E-state index is 0.0636. The highest BCUT2D eigenvalue weighted by Gasteiger charge is 2.42. The number of aliphatic hydroxyl groups excluding tert-OH is 1. The SMILES string of the molecule is C[C@@H]1CCCC12CCN(c1cnc(Sc3cccc(CO)c3)cn1)CC2. The van der Waals surface area contributed by atoms with Crippen LogP contribution in [0.4, 0.5) is 5.82 Å². The first-order valence-electron chi connectivity index (χ1n) is 9.63. The van der Waals surface area contributed by atoms with Gasteiger partial charge in [-0.15, -0.1) is 0 Å². The van der Waals surface area contributed by atoms with E-state index in [9.17, 15) is 5.11 Å². The van der Waals surface area contributed by atoms with Crippen LogP contribution < -0.4 is 4.90 Å². The summed E-state index contributed by atoms with van der Waals surface area (Å²) in [5.74, 6) is 1.88. The molecule has 1 aromatic heterocycles. The summed E-state index contributed by atoms with van der Waals surface area (Å²) < 4.78 is 0. The zero-order valence-corrected chi connectivity index (χ0v) is 16.2. The third kappa shape index (κ3) is 3.60. The molecular weight excluding hydrogens is 342 g/mol. The van der Waals surface area contributed by atoms with E-state index in [0.29, 0.717) is 5.41 Å². The van der Waals surface area contributed by atoms with E-state index in [1.54, 1.807) is 11.8 Å². The van der Waals surface area contributed by atoms with Crippen molar-refractivity contribution in [2.24, 2.45) is 11.3 Å². The van der Waals surface area contributed by atoms with Crippen molar-refractivity contribution in [3.05, 3.63) is 42.2 Å². The molecule has 5 heteroatoms. The van der Waals surface area contributed by atoms with Gasteiger partial charge in [-0.1, -0.05) is 43.7 Å². The molecule has 1 N–H and O–H groups in total. The maximum atomic E-state index is 9.26. The second-order valence-corrected chi connectivity index (χ2v) is 8.86. The molecule has 0 unspecified atom stereocenters. The predicted octanol–water partition coefficient (Wildman–Crippen LogP) is 4.53. The molecule has 2 heterocycles. The summed E-state index contributed by atoms with van der Waals surface area (Å²) in [6.45, 7) is 4.71. The Morgan fingerprint density at radius 2 is 2.04 bits per heavy atom. The van der Waals surface area contributed by atoms with Gasteiger partial charge in [0.05, 0.1) is 19.0 Å². The molecule has 2 fully saturated rings. The Hall–Kier alpha value is -1.59. The highest BCUT2D eigenvalue weighted by molar-refractivity contribution is 7.99. The van der Waals surface area contributed by atoms with E-state index in [1.807, 2.05) is 36.7 Å². The van der Waals surface area contributed by atoms with Gasteiger partial charge in [-0.3, -0.25) is 0 Å². The Balaban J connectivity index is 1.39. The van der Waals surface area contributed by atoms with Gasteiger partial charge in [0.15, 0.2) is 0 Å². The fourth-order valence-electron chi connectivity index (χ4n) is 4.59. The number of nitrogens with zero attached hydrogens (tertiary/aromatic N) is 3. The molecule has 1 saturated heterocycles. The van der Waals surface area contributed by atoms with Gasteiger partial charge in [0.1, 0.15) is 10.8 Å². The van der Waals surface area contributed by atoms with E-state index < -0.39 is 0 Å². The fourth-order valence-corrected chi connectivity index (χ4v) is 5.40. The fraction of sp³-hybridized carbons (Fsp3) is 0.524. The smallest absolute Gasteiger partial charge is 0.147 e. The maximum Gasteiger partial charge on any atom is 0.147 e. The van der Waals surface area contributed by atoms with Gasteiger partial charge in [-0.2, -0.15) is 0 Å². The Bertz CT molecular complexity index is 741. The molecule has 2 aromatic rings. The number of aliphatic hydroxyl groups is 1. The molecule has 1 saturated carbocycles.